The average molecular weight is 269 g/mol. The summed E-state index contributed by atoms with van der Waals surface area (Å²) in [5.41, 5.74) is 1.08. The number of carbonyl (C=O) groups excluding carboxylic acids is 1. The molecule has 1 rings (SSSR count). The Balaban J connectivity index is 2.53. The third kappa shape index (κ3) is 5.07. The van der Waals surface area contributed by atoms with Gasteiger partial charge in [0.25, 0.3) is 0 Å². The van der Waals surface area contributed by atoms with Gasteiger partial charge >= 0.3 is 0 Å². The van der Waals surface area contributed by atoms with Crippen molar-refractivity contribution in [2.45, 2.75) is 26.3 Å². The summed E-state index contributed by atoms with van der Waals surface area (Å²) in [7, 11) is 1.90. The van der Waals surface area contributed by atoms with E-state index in [2.05, 4.69) is 5.32 Å². The molecule has 1 N–H and O–H groups in total. The van der Waals surface area contributed by atoms with Gasteiger partial charge in [0, 0.05) is 24.5 Å². The second kappa shape index (κ2) is 8.11. The molecule has 100 valence electrons. The molecule has 0 unspecified atom stereocenters. The predicted octanol–water partition coefficient (Wildman–Crippen LogP) is 2.69. The van der Waals surface area contributed by atoms with E-state index < -0.39 is 0 Å². The van der Waals surface area contributed by atoms with Gasteiger partial charge in [0.2, 0.25) is 5.91 Å². The summed E-state index contributed by atoms with van der Waals surface area (Å²) in [5, 5.41) is 3.76. The molecule has 0 saturated heterocycles. The fourth-order valence-corrected chi connectivity index (χ4v) is 2.02. The van der Waals surface area contributed by atoms with Crippen molar-refractivity contribution in [3.63, 3.8) is 0 Å². The molecule has 0 radical (unpaired) electrons. The van der Waals surface area contributed by atoms with Crippen LogP contribution in [0.1, 0.15) is 25.3 Å². The normalized spacial score (nSPS) is 10.4. The van der Waals surface area contributed by atoms with E-state index in [-0.39, 0.29) is 5.91 Å². The van der Waals surface area contributed by atoms with E-state index in [0.29, 0.717) is 18.0 Å². The smallest absolute Gasteiger partial charge is 0.222 e. The largest absolute Gasteiger partial charge is 0.339 e. The van der Waals surface area contributed by atoms with Crippen LogP contribution in [0.4, 0.5) is 0 Å². The van der Waals surface area contributed by atoms with Crippen molar-refractivity contribution in [3.8, 4) is 0 Å². The van der Waals surface area contributed by atoms with E-state index in [1.165, 1.54) is 0 Å². The van der Waals surface area contributed by atoms with Gasteiger partial charge in [-0.25, -0.2) is 0 Å². The molecular formula is C14H21ClN2O. The van der Waals surface area contributed by atoms with Crippen molar-refractivity contribution in [2.75, 3.05) is 20.1 Å². The van der Waals surface area contributed by atoms with Crippen LogP contribution in [-0.4, -0.2) is 30.9 Å². The molecule has 0 fully saturated rings. The van der Waals surface area contributed by atoms with E-state index in [1.807, 2.05) is 43.1 Å². The molecule has 1 aromatic carbocycles. The standard InChI is InChI=1S/C14H21ClN2O/c1-3-17(14(18)8-5-9-16-2)11-12-6-4-7-13(15)10-12/h4,6-7,10,16H,3,5,8-9,11H2,1-2H3. The molecule has 0 aliphatic carbocycles. The third-order valence-electron chi connectivity index (χ3n) is 2.81. The van der Waals surface area contributed by atoms with Crippen LogP contribution < -0.4 is 5.32 Å². The molecule has 0 aliphatic rings. The van der Waals surface area contributed by atoms with Gasteiger partial charge in [-0.1, -0.05) is 23.7 Å². The zero-order valence-corrected chi connectivity index (χ0v) is 11.8. The number of nitrogens with one attached hydrogen (secondary N) is 1. The van der Waals surface area contributed by atoms with Crippen LogP contribution in [0.25, 0.3) is 0 Å². The van der Waals surface area contributed by atoms with Crippen molar-refractivity contribution in [3.05, 3.63) is 34.9 Å². The lowest BCUT2D eigenvalue weighted by atomic mass is 10.2. The van der Waals surface area contributed by atoms with Gasteiger partial charge in [-0.15, -0.1) is 0 Å². The lowest BCUT2D eigenvalue weighted by Crippen LogP contribution is -2.30. The summed E-state index contributed by atoms with van der Waals surface area (Å²) in [6, 6.07) is 7.66. The molecule has 3 nitrogen and oxygen atoms in total. The number of rotatable bonds is 7. The second-order valence-electron chi connectivity index (χ2n) is 4.24. The highest BCUT2D eigenvalue weighted by Gasteiger charge is 2.11. The molecule has 0 aromatic heterocycles. The summed E-state index contributed by atoms with van der Waals surface area (Å²) in [6.45, 7) is 4.24. The maximum absolute atomic E-state index is 12.0. The summed E-state index contributed by atoms with van der Waals surface area (Å²) >= 11 is 5.94. The molecule has 1 amide bonds. The summed E-state index contributed by atoms with van der Waals surface area (Å²) < 4.78 is 0. The molecule has 0 heterocycles. The van der Waals surface area contributed by atoms with Crippen LogP contribution in [0.15, 0.2) is 24.3 Å². The molecule has 0 spiro atoms. The second-order valence-corrected chi connectivity index (χ2v) is 4.68. The van der Waals surface area contributed by atoms with E-state index in [4.69, 9.17) is 11.6 Å². The average Bonchev–Trinajstić information content (AvgIpc) is 2.36. The number of carbonyl (C=O) groups is 1. The topological polar surface area (TPSA) is 32.3 Å². The first-order chi connectivity index (χ1) is 8.67. The lowest BCUT2D eigenvalue weighted by molar-refractivity contribution is -0.131. The van der Waals surface area contributed by atoms with E-state index in [9.17, 15) is 4.79 Å². The van der Waals surface area contributed by atoms with Crippen LogP contribution in [0, 0.1) is 0 Å². The number of halogens is 1. The van der Waals surface area contributed by atoms with Crippen LogP contribution in [0.2, 0.25) is 5.02 Å². The van der Waals surface area contributed by atoms with E-state index in [1.54, 1.807) is 0 Å². The fraction of sp³-hybridized carbons (Fsp3) is 0.500. The Morgan fingerprint density at radius 2 is 2.22 bits per heavy atom. The molecule has 18 heavy (non-hydrogen) atoms. The van der Waals surface area contributed by atoms with Crippen LogP contribution in [0.5, 0.6) is 0 Å². The van der Waals surface area contributed by atoms with Crippen LogP contribution >= 0.6 is 11.6 Å². The highest BCUT2D eigenvalue weighted by molar-refractivity contribution is 6.30. The van der Waals surface area contributed by atoms with Gasteiger partial charge < -0.3 is 10.2 Å². The van der Waals surface area contributed by atoms with Gasteiger partial charge in [0.05, 0.1) is 0 Å². The van der Waals surface area contributed by atoms with Crippen LogP contribution in [0.3, 0.4) is 0 Å². The monoisotopic (exact) mass is 268 g/mol. The van der Waals surface area contributed by atoms with Crippen molar-refractivity contribution < 1.29 is 4.79 Å². The molecule has 1 aromatic rings. The summed E-state index contributed by atoms with van der Waals surface area (Å²) in [6.07, 6.45) is 1.47. The minimum absolute atomic E-state index is 0.202. The van der Waals surface area contributed by atoms with E-state index >= 15 is 0 Å². The Labute approximate surface area is 114 Å². The predicted molar refractivity (Wildman–Crippen MR) is 75.7 cm³/mol. The van der Waals surface area contributed by atoms with Crippen molar-refractivity contribution in [1.82, 2.24) is 10.2 Å². The highest BCUT2D eigenvalue weighted by Crippen LogP contribution is 2.13. The molecule has 0 atom stereocenters. The lowest BCUT2D eigenvalue weighted by Gasteiger charge is -2.21. The van der Waals surface area contributed by atoms with Gasteiger partial charge in [-0.2, -0.15) is 0 Å². The van der Waals surface area contributed by atoms with Crippen molar-refractivity contribution in [2.24, 2.45) is 0 Å². The zero-order valence-electron chi connectivity index (χ0n) is 11.1. The first-order valence-electron chi connectivity index (χ1n) is 6.34. The highest BCUT2D eigenvalue weighted by atomic mass is 35.5. The Morgan fingerprint density at radius 3 is 2.83 bits per heavy atom. The number of hydrogen-bond donors (Lipinski definition) is 1. The number of benzene rings is 1. The number of amides is 1. The van der Waals surface area contributed by atoms with Gasteiger partial charge in [-0.05, 0) is 44.6 Å². The Kier molecular flexibility index (Phi) is 6.76. The maximum Gasteiger partial charge on any atom is 0.222 e. The fourth-order valence-electron chi connectivity index (χ4n) is 1.81. The van der Waals surface area contributed by atoms with Gasteiger partial charge in [0.1, 0.15) is 0 Å². The Bertz CT molecular complexity index is 382. The Morgan fingerprint density at radius 1 is 1.44 bits per heavy atom. The quantitative estimate of drug-likeness (QED) is 0.771. The Hall–Kier alpha value is -1.06. The summed E-state index contributed by atoms with van der Waals surface area (Å²) in [4.78, 5) is 13.9. The first kappa shape index (κ1) is 15.0. The van der Waals surface area contributed by atoms with Crippen molar-refractivity contribution >= 4 is 17.5 Å². The minimum atomic E-state index is 0.202. The SMILES string of the molecule is CCN(Cc1cccc(Cl)c1)C(=O)CCCNC. The molecule has 0 aliphatic heterocycles. The molecule has 0 bridgehead atoms. The summed E-state index contributed by atoms with van der Waals surface area (Å²) in [5.74, 6) is 0.202. The number of hydrogen-bond acceptors (Lipinski definition) is 2. The van der Waals surface area contributed by atoms with Gasteiger partial charge in [0.15, 0.2) is 0 Å². The first-order valence-corrected chi connectivity index (χ1v) is 6.72. The molecule has 4 heteroatoms. The van der Waals surface area contributed by atoms with E-state index in [0.717, 1.165) is 25.1 Å². The molecule has 0 saturated carbocycles. The molecular weight excluding hydrogens is 248 g/mol. The number of nitrogens with zero attached hydrogens (tertiary/aromatic N) is 1. The van der Waals surface area contributed by atoms with Crippen molar-refractivity contribution in [1.29, 1.82) is 0 Å². The third-order valence-corrected chi connectivity index (χ3v) is 3.05. The van der Waals surface area contributed by atoms with Gasteiger partial charge in [-0.3, -0.25) is 4.79 Å². The van der Waals surface area contributed by atoms with Crippen LogP contribution in [-0.2, 0) is 11.3 Å². The minimum Gasteiger partial charge on any atom is -0.339 e. The zero-order chi connectivity index (χ0) is 13.4. The maximum atomic E-state index is 12.0.